The Labute approximate surface area is 150 Å². The van der Waals surface area contributed by atoms with E-state index in [2.05, 4.69) is 37.4 Å². The Bertz CT molecular complexity index is 863. The van der Waals surface area contributed by atoms with E-state index >= 15 is 0 Å². The van der Waals surface area contributed by atoms with E-state index in [0.717, 1.165) is 11.1 Å². The number of likely N-dealkylation sites (N-methyl/N-ethyl adjacent to an activating group) is 1. The number of anilines is 1. The van der Waals surface area contributed by atoms with Crippen LogP contribution in [0.3, 0.4) is 0 Å². The molecule has 1 aromatic carbocycles. The van der Waals surface area contributed by atoms with Gasteiger partial charge in [-0.25, -0.2) is 15.0 Å². The molecule has 3 rings (SSSR count). The molecule has 0 spiro atoms. The lowest BCUT2D eigenvalue weighted by Crippen LogP contribution is -2.36. The van der Waals surface area contributed by atoms with E-state index in [1.165, 1.54) is 11.2 Å². The molecule has 0 aliphatic rings. The summed E-state index contributed by atoms with van der Waals surface area (Å²) in [5.74, 6) is 0.574. The summed E-state index contributed by atoms with van der Waals surface area (Å²) in [5.41, 5.74) is 2.38. The number of carbonyl (C=O) groups excluding carboxylic acids is 1. The van der Waals surface area contributed by atoms with Gasteiger partial charge in [0.25, 0.3) is 0 Å². The van der Waals surface area contributed by atoms with E-state index in [9.17, 15) is 4.79 Å². The fourth-order valence-corrected chi connectivity index (χ4v) is 3.00. The zero-order chi connectivity index (χ0) is 17.8. The van der Waals surface area contributed by atoms with Crippen molar-refractivity contribution in [2.45, 2.75) is 17.9 Å². The molecule has 0 fully saturated rings. The van der Waals surface area contributed by atoms with E-state index in [-0.39, 0.29) is 18.5 Å². The molecule has 2 heterocycles. The Hall–Kier alpha value is -2.61. The van der Waals surface area contributed by atoms with Gasteiger partial charge in [0.2, 0.25) is 5.91 Å². The minimum absolute atomic E-state index is 0.0608. The average Bonchev–Trinajstić information content (AvgIpc) is 3.10. The highest BCUT2D eigenvalue weighted by Gasteiger charge is 2.15. The van der Waals surface area contributed by atoms with Gasteiger partial charge in [0.1, 0.15) is 11.8 Å². The molecule has 1 amide bonds. The minimum atomic E-state index is -0.0739. The molecule has 2 aromatic heterocycles. The fraction of sp³-hybridized carbons (Fsp3) is 0.294. The maximum Gasteiger partial charge on any atom is 0.240 e. The predicted octanol–water partition coefficient (Wildman–Crippen LogP) is 2.39. The Morgan fingerprint density at radius 2 is 2.04 bits per heavy atom. The summed E-state index contributed by atoms with van der Waals surface area (Å²) >= 11 is 1.70. The first-order chi connectivity index (χ1) is 12.1. The summed E-state index contributed by atoms with van der Waals surface area (Å²) in [6.07, 6.45) is 5.06. The summed E-state index contributed by atoms with van der Waals surface area (Å²) in [7, 11) is 1.82. The summed E-state index contributed by atoms with van der Waals surface area (Å²) < 4.78 is 0. The highest BCUT2D eigenvalue weighted by atomic mass is 32.2. The maximum absolute atomic E-state index is 12.4. The fourth-order valence-electron chi connectivity index (χ4n) is 2.60. The maximum atomic E-state index is 12.4. The Morgan fingerprint density at radius 3 is 2.76 bits per heavy atom. The highest BCUT2D eigenvalue weighted by Crippen LogP contribution is 2.20. The van der Waals surface area contributed by atoms with Gasteiger partial charge in [-0.15, -0.1) is 11.8 Å². The van der Waals surface area contributed by atoms with Crippen LogP contribution in [-0.4, -0.2) is 45.7 Å². The van der Waals surface area contributed by atoms with Crippen molar-refractivity contribution in [3.8, 4) is 0 Å². The number of imidazole rings is 1. The molecule has 0 unspecified atom stereocenters. The molecule has 0 saturated carbocycles. The second kappa shape index (κ2) is 7.52. The van der Waals surface area contributed by atoms with Gasteiger partial charge >= 0.3 is 0 Å². The van der Waals surface area contributed by atoms with Crippen LogP contribution >= 0.6 is 11.8 Å². The molecule has 8 heteroatoms. The molecule has 0 bridgehead atoms. The van der Waals surface area contributed by atoms with E-state index in [1.807, 2.05) is 32.4 Å². The summed E-state index contributed by atoms with van der Waals surface area (Å²) in [5, 5.41) is 3.02. The second-order valence-corrected chi connectivity index (χ2v) is 6.60. The van der Waals surface area contributed by atoms with Crippen LogP contribution in [0.1, 0.15) is 18.5 Å². The molecule has 7 nitrogen and oxygen atoms in total. The number of nitrogens with zero attached hydrogens (tertiary/aromatic N) is 4. The normalized spacial score (nSPS) is 12.1. The molecule has 130 valence electrons. The smallest absolute Gasteiger partial charge is 0.240 e. The molecule has 3 aromatic rings. The number of amides is 1. The van der Waals surface area contributed by atoms with Crippen molar-refractivity contribution in [1.29, 1.82) is 0 Å². The minimum Gasteiger partial charge on any atom is -0.348 e. The first kappa shape index (κ1) is 17.2. The van der Waals surface area contributed by atoms with Crippen LogP contribution in [-0.2, 0) is 4.79 Å². The number of H-pyrrole nitrogens is 1. The second-order valence-electron chi connectivity index (χ2n) is 5.72. The van der Waals surface area contributed by atoms with Crippen molar-refractivity contribution in [1.82, 2.24) is 25.3 Å². The van der Waals surface area contributed by atoms with Gasteiger partial charge < -0.3 is 15.2 Å². The zero-order valence-corrected chi connectivity index (χ0v) is 15.2. The highest BCUT2D eigenvalue weighted by molar-refractivity contribution is 7.98. The quantitative estimate of drug-likeness (QED) is 0.660. The van der Waals surface area contributed by atoms with Gasteiger partial charge in [-0.3, -0.25) is 4.79 Å². The monoisotopic (exact) mass is 356 g/mol. The number of aromatic nitrogens is 4. The lowest BCUT2D eigenvalue weighted by molar-refractivity contribution is -0.120. The molecule has 2 N–H and O–H groups in total. The number of rotatable bonds is 6. The summed E-state index contributed by atoms with van der Waals surface area (Å²) in [6, 6.07) is 8.14. The summed E-state index contributed by atoms with van der Waals surface area (Å²) in [4.78, 5) is 30.8. The van der Waals surface area contributed by atoms with Crippen molar-refractivity contribution in [2.24, 2.45) is 0 Å². The van der Waals surface area contributed by atoms with Gasteiger partial charge in [0, 0.05) is 11.9 Å². The standard InChI is InChI=1S/C17H20N6OS/c1-11(12-4-6-13(25-3)7-5-12)22-14(24)8-23(2)17-15-16(19-9-18-15)20-10-21-17/h4-7,9-11H,8H2,1-3H3,(H,22,24)(H,18,19,20,21)/t11-/m1/s1. The van der Waals surface area contributed by atoms with E-state index in [1.54, 1.807) is 23.0 Å². The van der Waals surface area contributed by atoms with Crippen molar-refractivity contribution in [2.75, 3.05) is 24.7 Å². The van der Waals surface area contributed by atoms with Gasteiger partial charge in [0.05, 0.1) is 18.9 Å². The van der Waals surface area contributed by atoms with Crippen LogP contribution in [0.5, 0.6) is 0 Å². The van der Waals surface area contributed by atoms with Crippen molar-refractivity contribution in [3.63, 3.8) is 0 Å². The molecular formula is C17H20N6OS. The number of hydrogen-bond donors (Lipinski definition) is 2. The van der Waals surface area contributed by atoms with E-state index < -0.39 is 0 Å². The third-order valence-electron chi connectivity index (χ3n) is 3.94. The van der Waals surface area contributed by atoms with Crippen molar-refractivity contribution >= 4 is 34.7 Å². The molecule has 0 radical (unpaired) electrons. The number of thioether (sulfide) groups is 1. The van der Waals surface area contributed by atoms with Crippen molar-refractivity contribution < 1.29 is 4.79 Å². The topological polar surface area (TPSA) is 86.8 Å². The van der Waals surface area contributed by atoms with Crippen LogP contribution in [0.2, 0.25) is 0 Å². The SMILES string of the molecule is CSc1ccc([C@@H](C)NC(=O)CN(C)c2ncnc3nc[nH]c23)cc1. The first-order valence-corrected chi connectivity index (χ1v) is 9.09. The van der Waals surface area contributed by atoms with Crippen LogP contribution < -0.4 is 10.2 Å². The molecule has 0 aliphatic carbocycles. The largest absolute Gasteiger partial charge is 0.348 e. The lowest BCUT2D eigenvalue weighted by atomic mass is 10.1. The molecular weight excluding hydrogens is 336 g/mol. The van der Waals surface area contributed by atoms with Crippen LogP contribution in [0.15, 0.2) is 41.8 Å². The van der Waals surface area contributed by atoms with Crippen LogP contribution in [0, 0.1) is 0 Å². The average molecular weight is 356 g/mol. The number of aromatic amines is 1. The van der Waals surface area contributed by atoms with E-state index in [4.69, 9.17) is 0 Å². The molecule has 1 atom stereocenters. The van der Waals surface area contributed by atoms with Crippen LogP contribution in [0.4, 0.5) is 5.82 Å². The van der Waals surface area contributed by atoms with Gasteiger partial charge in [-0.1, -0.05) is 12.1 Å². The van der Waals surface area contributed by atoms with Gasteiger partial charge in [-0.05, 0) is 30.9 Å². The van der Waals surface area contributed by atoms with Crippen LogP contribution in [0.25, 0.3) is 11.2 Å². The van der Waals surface area contributed by atoms with E-state index in [0.29, 0.717) is 11.5 Å². The number of hydrogen-bond acceptors (Lipinski definition) is 6. The number of fused-ring (bicyclic) bond motifs is 1. The predicted molar refractivity (Wildman–Crippen MR) is 99.7 cm³/mol. The third kappa shape index (κ3) is 3.90. The third-order valence-corrected chi connectivity index (χ3v) is 4.68. The number of benzene rings is 1. The molecule has 25 heavy (non-hydrogen) atoms. The Kier molecular flexibility index (Phi) is 5.18. The number of carbonyl (C=O) groups is 1. The first-order valence-electron chi connectivity index (χ1n) is 7.87. The zero-order valence-electron chi connectivity index (χ0n) is 14.4. The van der Waals surface area contributed by atoms with Gasteiger partial charge in [-0.2, -0.15) is 0 Å². The Morgan fingerprint density at radius 1 is 1.28 bits per heavy atom. The van der Waals surface area contributed by atoms with Crippen molar-refractivity contribution in [3.05, 3.63) is 42.5 Å². The molecule has 0 saturated heterocycles. The summed E-state index contributed by atoms with van der Waals surface area (Å²) in [6.45, 7) is 2.17. The molecule has 0 aliphatic heterocycles. The number of nitrogens with one attached hydrogen (secondary N) is 2. The lowest BCUT2D eigenvalue weighted by Gasteiger charge is -2.20. The Balaban J connectivity index is 1.64. The van der Waals surface area contributed by atoms with Gasteiger partial charge in [0.15, 0.2) is 11.5 Å².